The Morgan fingerprint density at radius 2 is 1.21 bits per heavy atom. The van der Waals surface area contributed by atoms with E-state index in [4.69, 9.17) is 0 Å². The van der Waals surface area contributed by atoms with Crippen LogP contribution in [0.1, 0.15) is 34.1 Å². The fourth-order valence-corrected chi connectivity index (χ4v) is 1.17. The van der Waals surface area contributed by atoms with Crippen molar-refractivity contribution in [2.45, 2.75) is 34.1 Å². The number of allylic oxidation sites excluding steroid dienone is 6. The third-order valence-corrected chi connectivity index (χ3v) is 3.80. The van der Waals surface area contributed by atoms with Crippen molar-refractivity contribution < 1.29 is 20.4 Å². The van der Waals surface area contributed by atoms with Crippen molar-refractivity contribution in [3.05, 3.63) is 62.4 Å². The molecule has 0 fully saturated rings. The zero-order valence-electron chi connectivity index (χ0n) is 17.7. The fraction of sp³-hybridized carbons (Fsp3) is 0.600. The fourth-order valence-electron chi connectivity index (χ4n) is 0.862. The van der Waals surface area contributed by atoms with Gasteiger partial charge in [0.05, 0.1) is 0 Å². The van der Waals surface area contributed by atoms with Crippen LogP contribution in [0.3, 0.4) is 0 Å². The topological polar surface area (TPSA) is 42.3 Å². The molecule has 0 spiro atoms. The largest absolute Gasteiger partial charge is 0.668 e. The summed E-state index contributed by atoms with van der Waals surface area (Å²) in [6.07, 6.45) is 7.76. The SMILES string of the molecule is C=C(C)C(=C)C.CC1(C)CC=CC=[C]1[Ti+3].C[N-]C.C[N-]C.C[N-]C. The molecule has 0 aliphatic heterocycles. The van der Waals surface area contributed by atoms with E-state index in [2.05, 4.69) is 81.6 Å². The molecule has 0 bridgehead atoms. The Bertz CT molecular complexity index is 339. The maximum atomic E-state index is 3.66. The zero-order chi connectivity index (χ0) is 20.2. The molecule has 138 valence electrons. The number of rotatable bonds is 1. The van der Waals surface area contributed by atoms with Crippen LogP contribution in [-0.4, -0.2) is 42.3 Å². The summed E-state index contributed by atoms with van der Waals surface area (Å²) in [6, 6.07) is 0. The van der Waals surface area contributed by atoms with Crippen molar-refractivity contribution in [2.75, 3.05) is 42.3 Å². The molecule has 0 amide bonds. The number of hydrogen-bond acceptors (Lipinski definition) is 0. The van der Waals surface area contributed by atoms with E-state index in [0.717, 1.165) is 11.1 Å². The van der Waals surface area contributed by atoms with E-state index in [1.807, 2.05) is 13.8 Å². The number of nitrogens with zero attached hydrogens (tertiary/aromatic N) is 3. The Morgan fingerprint density at radius 1 is 0.917 bits per heavy atom. The predicted octanol–water partition coefficient (Wildman–Crippen LogP) is 6.40. The minimum atomic E-state index is 0.411. The Kier molecular flexibility index (Phi) is 29.4. The molecule has 24 heavy (non-hydrogen) atoms. The monoisotopic (exact) mass is 369 g/mol. The maximum absolute atomic E-state index is 3.66. The summed E-state index contributed by atoms with van der Waals surface area (Å²) in [6.45, 7) is 15.8. The van der Waals surface area contributed by atoms with Crippen LogP contribution >= 0.6 is 0 Å². The molecule has 0 aromatic carbocycles. The van der Waals surface area contributed by atoms with Crippen LogP contribution in [0, 0.1) is 5.41 Å². The van der Waals surface area contributed by atoms with Crippen molar-refractivity contribution in [1.82, 2.24) is 0 Å². The molecule has 3 nitrogen and oxygen atoms in total. The average molecular weight is 369 g/mol. The van der Waals surface area contributed by atoms with Gasteiger partial charge >= 0.3 is 68.2 Å². The molecule has 0 aromatic rings. The maximum Gasteiger partial charge on any atom is -0.162 e. The van der Waals surface area contributed by atoms with Crippen molar-refractivity contribution in [3.8, 4) is 0 Å². The molecule has 0 heterocycles. The summed E-state index contributed by atoms with van der Waals surface area (Å²) in [5, 5.41) is 10.5. The molecule has 1 rings (SSSR count). The summed E-state index contributed by atoms with van der Waals surface area (Å²) >= 11 is 2.20. The van der Waals surface area contributed by atoms with Crippen LogP contribution < -0.4 is 0 Å². The molecule has 0 atom stereocenters. The average Bonchev–Trinajstić information content (AvgIpc) is 2.45. The van der Waals surface area contributed by atoms with Gasteiger partial charge < -0.3 is 16.0 Å². The van der Waals surface area contributed by atoms with Crippen molar-refractivity contribution in [3.63, 3.8) is 0 Å². The molecule has 0 radical (unpaired) electrons. The van der Waals surface area contributed by atoms with Gasteiger partial charge in [0.15, 0.2) is 0 Å². The molecule has 0 saturated heterocycles. The van der Waals surface area contributed by atoms with Gasteiger partial charge in [0.2, 0.25) is 0 Å². The summed E-state index contributed by atoms with van der Waals surface area (Å²) in [7, 11) is 10.5. The van der Waals surface area contributed by atoms with Crippen LogP contribution in [-0.2, 0) is 20.4 Å². The predicted molar refractivity (Wildman–Crippen MR) is 111 cm³/mol. The van der Waals surface area contributed by atoms with Gasteiger partial charge in [0, 0.05) is 0 Å². The second-order valence-electron chi connectivity index (χ2n) is 6.00. The Labute approximate surface area is 164 Å². The molecule has 0 aromatic heterocycles. The van der Waals surface area contributed by atoms with Gasteiger partial charge in [-0.2, -0.15) is 42.3 Å². The summed E-state index contributed by atoms with van der Waals surface area (Å²) in [4.78, 5) is 0. The Hall–Kier alpha value is -0.446. The van der Waals surface area contributed by atoms with E-state index in [0.29, 0.717) is 5.41 Å². The van der Waals surface area contributed by atoms with Crippen LogP contribution in [0.4, 0.5) is 0 Å². The van der Waals surface area contributed by atoms with Crippen LogP contribution in [0.2, 0.25) is 0 Å². The van der Waals surface area contributed by atoms with Crippen molar-refractivity contribution >= 4 is 0 Å². The van der Waals surface area contributed by atoms with Crippen LogP contribution in [0.25, 0.3) is 16.0 Å². The van der Waals surface area contributed by atoms with Crippen LogP contribution in [0.15, 0.2) is 46.4 Å². The first-order chi connectivity index (χ1) is 11.0. The van der Waals surface area contributed by atoms with Gasteiger partial charge in [-0.25, -0.2) is 0 Å². The van der Waals surface area contributed by atoms with E-state index < -0.39 is 0 Å². The van der Waals surface area contributed by atoms with E-state index in [9.17, 15) is 0 Å². The molecule has 1 aliphatic rings. The Morgan fingerprint density at radius 3 is 1.33 bits per heavy atom. The molecular formula is C20H39N3Ti. The van der Waals surface area contributed by atoms with Crippen molar-refractivity contribution in [1.29, 1.82) is 0 Å². The molecule has 0 saturated carbocycles. The van der Waals surface area contributed by atoms with Gasteiger partial charge in [0.25, 0.3) is 0 Å². The minimum absolute atomic E-state index is 0.411. The van der Waals surface area contributed by atoms with Gasteiger partial charge in [-0.1, -0.05) is 24.3 Å². The second kappa shape index (κ2) is 22.6. The second-order valence-corrected chi connectivity index (χ2v) is 6.84. The van der Waals surface area contributed by atoms with Gasteiger partial charge in [-0.3, -0.25) is 0 Å². The van der Waals surface area contributed by atoms with E-state index in [-0.39, 0.29) is 0 Å². The summed E-state index contributed by atoms with van der Waals surface area (Å²) < 4.78 is 1.49. The smallest absolute Gasteiger partial charge is 0.162 e. The Balaban J connectivity index is -0.000000116. The standard InChI is InChI=1S/C8H11.C6H10.3C2H6N.Ti/c1-8(2)6-4-3-5-7-8;1-5(2)6(3)4;3*1-3-2;/h3-5H,6H2,1-2H3;1,3H2,2,4H3;3*1-2H3;/q;;3*-1;+3. The third kappa shape index (κ3) is 29.6. The molecular weight excluding hydrogens is 330 g/mol. The van der Waals surface area contributed by atoms with Crippen molar-refractivity contribution in [2.24, 2.45) is 5.41 Å². The molecule has 1 aliphatic carbocycles. The summed E-state index contributed by atoms with van der Waals surface area (Å²) in [5.41, 5.74) is 2.54. The minimum Gasteiger partial charge on any atom is -0.668 e. The van der Waals surface area contributed by atoms with Gasteiger partial charge in [-0.05, 0) is 13.8 Å². The third-order valence-electron chi connectivity index (χ3n) is 2.48. The normalized spacial score (nSPS) is 13.1. The molecule has 0 unspecified atom stereocenters. The quantitative estimate of drug-likeness (QED) is 0.379. The van der Waals surface area contributed by atoms with Crippen LogP contribution in [0.5, 0.6) is 0 Å². The first-order valence-electron chi connectivity index (χ1n) is 7.86. The van der Waals surface area contributed by atoms with Gasteiger partial charge in [-0.15, -0.1) is 0 Å². The number of hydrogen-bond donors (Lipinski definition) is 0. The first-order valence-corrected chi connectivity index (χ1v) is 8.64. The molecule has 0 N–H and O–H groups in total. The van der Waals surface area contributed by atoms with Gasteiger partial charge in [0.1, 0.15) is 0 Å². The van der Waals surface area contributed by atoms with E-state index in [1.54, 1.807) is 42.3 Å². The molecule has 4 heteroatoms. The van der Waals surface area contributed by atoms with E-state index in [1.165, 1.54) is 10.3 Å². The zero-order valence-corrected chi connectivity index (χ0v) is 19.3. The van der Waals surface area contributed by atoms with E-state index >= 15 is 0 Å². The first kappa shape index (κ1) is 31.3. The summed E-state index contributed by atoms with van der Waals surface area (Å²) in [5.74, 6) is 0.